The van der Waals surface area contributed by atoms with E-state index in [-0.39, 0.29) is 16.4 Å². The largest absolute Gasteiger partial charge is 0.462 e. The number of hydrogen-bond acceptors (Lipinski definition) is 3. The minimum absolute atomic E-state index is 0.00249. The Morgan fingerprint density at radius 1 is 1.31 bits per heavy atom. The Morgan fingerprint density at radius 3 is 2.50 bits per heavy atom. The molecule has 0 aliphatic rings. The maximum Gasteiger partial charge on any atom is 0.339 e. The molecule has 0 aliphatic heterocycles. The van der Waals surface area contributed by atoms with E-state index in [0.29, 0.717) is 18.6 Å². The summed E-state index contributed by atoms with van der Waals surface area (Å²) in [7, 11) is 0. The second-order valence-corrected chi connectivity index (χ2v) is 3.60. The van der Waals surface area contributed by atoms with Crippen molar-refractivity contribution in [1.82, 2.24) is 0 Å². The fourth-order valence-electron chi connectivity index (χ4n) is 1.27. The zero-order valence-corrected chi connectivity index (χ0v) is 10.0. The molecule has 1 rings (SSSR count). The van der Waals surface area contributed by atoms with Crippen LogP contribution in [0.1, 0.15) is 41.0 Å². The molecule has 0 radical (unpaired) electrons. The zero-order valence-electron chi connectivity index (χ0n) is 9.25. The van der Waals surface area contributed by atoms with E-state index in [4.69, 9.17) is 16.3 Å². The number of Topliss-reactive ketones (excluding diaryl/α,β-unsaturated/α-hetero) is 1. The molecule has 0 aromatic heterocycles. The molecule has 0 fully saturated rings. The average molecular weight is 241 g/mol. The van der Waals surface area contributed by atoms with E-state index in [1.807, 2.05) is 0 Å². The number of benzene rings is 1. The van der Waals surface area contributed by atoms with E-state index in [0.717, 1.165) is 0 Å². The Bertz CT molecular complexity index is 413. The number of esters is 1. The molecule has 86 valence electrons. The molecule has 1 aromatic carbocycles. The summed E-state index contributed by atoms with van der Waals surface area (Å²) in [6, 6.07) is 4.60. The minimum Gasteiger partial charge on any atom is -0.462 e. The molecule has 4 heteroatoms. The Balaban J connectivity index is 3.00. The maximum atomic E-state index is 11.4. The van der Waals surface area contributed by atoms with Crippen LogP contribution in [0.15, 0.2) is 18.2 Å². The molecule has 0 spiro atoms. The summed E-state index contributed by atoms with van der Waals surface area (Å²) in [6.45, 7) is 3.79. The highest BCUT2D eigenvalue weighted by Crippen LogP contribution is 2.19. The number of ketones is 1. The topological polar surface area (TPSA) is 43.4 Å². The van der Waals surface area contributed by atoms with Gasteiger partial charge in [0.25, 0.3) is 0 Å². The summed E-state index contributed by atoms with van der Waals surface area (Å²) < 4.78 is 4.83. The molecule has 16 heavy (non-hydrogen) atoms. The van der Waals surface area contributed by atoms with Crippen LogP contribution in [0.25, 0.3) is 0 Å². The predicted molar refractivity (Wildman–Crippen MR) is 62.0 cm³/mol. The summed E-state index contributed by atoms with van der Waals surface area (Å²) in [5, 5.41) is 0.248. The quantitative estimate of drug-likeness (QED) is 0.600. The van der Waals surface area contributed by atoms with Crippen molar-refractivity contribution in [3.05, 3.63) is 34.3 Å². The van der Waals surface area contributed by atoms with E-state index >= 15 is 0 Å². The first-order chi connectivity index (χ1) is 7.60. The normalized spacial score (nSPS) is 9.94. The van der Waals surface area contributed by atoms with Crippen molar-refractivity contribution in [3.63, 3.8) is 0 Å². The van der Waals surface area contributed by atoms with Crippen LogP contribution < -0.4 is 0 Å². The monoisotopic (exact) mass is 240 g/mol. The molecule has 0 saturated carbocycles. The highest BCUT2D eigenvalue weighted by atomic mass is 35.5. The molecule has 3 nitrogen and oxygen atoms in total. The van der Waals surface area contributed by atoms with E-state index in [1.54, 1.807) is 19.9 Å². The number of halogens is 1. The number of carbonyl (C=O) groups is 2. The van der Waals surface area contributed by atoms with Crippen molar-refractivity contribution in [3.8, 4) is 0 Å². The first-order valence-electron chi connectivity index (χ1n) is 5.10. The molecule has 1 aromatic rings. The highest BCUT2D eigenvalue weighted by molar-refractivity contribution is 6.34. The molecule has 0 unspecified atom stereocenters. The third kappa shape index (κ3) is 2.83. The van der Waals surface area contributed by atoms with Crippen LogP contribution in [-0.2, 0) is 4.74 Å². The van der Waals surface area contributed by atoms with Crippen LogP contribution >= 0.6 is 11.6 Å². The van der Waals surface area contributed by atoms with Crippen LogP contribution in [0.3, 0.4) is 0 Å². The lowest BCUT2D eigenvalue weighted by Gasteiger charge is -2.05. The van der Waals surface area contributed by atoms with Gasteiger partial charge in [-0.1, -0.05) is 24.6 Å². The average Bonchev–Trinajstić information content (AvgIpc) is 2.28. The summed E-state index contributed by atoms with van der Waals surface area (Å²) in [6.07, 6.45) is 0.412. The van der Waals surface area contributed by atoms with Crippen LogP contribution in [0.5, 0.6) is 0 Å². The summed E-state index contributed by atoms with van der Waals surface area (Å²) >= 11 is 5.91. The predicted octanol–water partition coefficient (Wildman–Crippen LogP) is 3.11. The highest BCUT2D eigenvalue weighted by Gasteiger charge is 2.13. The van der Waals surface area contributed by atoms with Gasteiger partial charge in [0, 0.05) is 12.0 Å². The molecular weight excluding hydrogens is 228 g/mol. The molecule has 0 amide bonds. The van der Waals surface area contributed by atoms with Crippen LogP contribution in [0.4, 0.5) is 0 Å². The van der Waals surface area contributed by atoms with Gasteiger partial charge in [-0.2, -0.15) is 0 Å². The van der Waals surface area contributed by atoms with Gasteiger partial charge in [0.2, 0.25) is 0 Å². The summed E-state index contributed by atoms with van der Waals surface area (Å²) in [4.78, 5) is 22.8. The number of rotatable bonds is 4. The Kier molecular flexibility index (Phi) is 4.50. The molecule has 0 aliphatic carbocycles. The Morgan fingerprint density at radius 2 is 2.00 bits per heavy atom. The van der Waals surface area contributed by atoms with E-state index in [1.165, 1.54) is 12.1 Å². The van der Waals surface area contributed by atoms with Crippen LogP contribution in [-0.4, -0.2) is 18.4 Å². The summed E-state index contributed by atoms with van der Waals surface area (Å²) in [5.41, 5.74) is 0.803. The van der Waals surface area contributed by atoms with Crippen molar-refractivity contribution < 1.29 is 14.3 Å². The smallest absolute Gasteiger partial charge is 0.339 e. The van der Waals surface area contributed by atoms with Gasteiger partial charge >= 0.3 is 5.97 Å². The van der Waals surface area contributed by atoms with Crippen molar-refractivity contribution in [2.45, 2.75) is 20.3 Å². The molecule has 0 heterocycles. The van der Waals surface area contributed by atoms with Gasteiger partial charge in [-0.15, -0.1) is 0 Å². The van der Waals surface area contributed by atoms with Gasteiger partial charge in [0.05, 0.1) is 17.2 Å². The maximum absolute atomic E-state index is 11.4. The summed E-state index contributed by atoms with van der Waals surface area (Å²) in [5.74, 6) is -0.472. The van der Waals surface area contributed by atoms with Gasteiger partial charge < -0.3 is 4.74 Å². The van der Waals surface area contributed by atoms with Gasteiger partial charge in [0.1, 0.15) is 0 Å². The van der Waals surface area contributed by atoms with E-state index in [9.17, 15) is 9.59 Å². The van der Waals surface area contributed by atoms with E-state index < -0.39 is 5.97 Å². The van der Waals surface area contributed by atoms with Crippen molar-refractivity contribution >= 4 is 23.4 Å². The standard InChI is InChI=1S/C12H13ClO3/c1-3-11(14)8-5-6-9(10(13)7-8)12(15)16-4-2/h5-7H,3-4H2,1-2H3. The third-order valence-electron chi connectivity index (χ3n) is 2.11. The van der Waals surface area contributed by atoms with Crippen molar-refractivity contribution in [2.75, 3.05) is 6.61 Å². The molecular formula is C12H13ClO3. The van der Waals surface area contributed by atoms with Crippen LogP contribution in [0.2, 0.25) is 5.02 Å². The number of hydrogen-bond donors (Lipinski definition) is 0. The zero-order chi connectivity index (χ0) is 12.1. The van der Waals surface area contributed by atoms with Gasteiger partial charge in [-0.3, -0.25) is 4.79 Å². The van der Waals surface area contributed by atoms with Crippen molar-refractivity contribution in [1.29, 1.82) is 0 Å². The number of carbonyl (C=O) groups excluding carboxylic acids is 2. The molecule has 0 bridgehead atoms. The SMILES string of the molecule is CCOC(=O)c1ccc(C(=O)CC)cc1Cl. The second kappa shape index (κ2) is 5.66. The first-order valence-corrected chi connectivity index (χ1v) is 5.47. The third-order valence-corrected chi connectivity index (χ3v) is 2.42. The van der Waals surface area contributed by atoms with Crippen LogP contribution in [0, 0.1) is 0 Å². The Labute approximate surface area is 99.4 Å². The van der Waals surface area contributed by atoms with Gasteiger partial charge in [0.15, 0.2) is 5.78 Å². The fourth-order valence-corrected chi connectivity index (χ4v) is 1.52. The van der Waals surface area contributed by atoms with Crippen molar-refractivity contribution in [2.24, 2.45) is 0 Å². The first kappa shape index (κ1) is 12.7. The molecule has 0 N–H and O–H groups in total. The van der Waals surface area contributed by atoms with Gasteiger partial charge in [-0.25, -0.2) is 4.79 Å². The fraction of sp³-hybridized carbons (Fsp3) is 0.333. The molecule has 0 saturated heterocycles. The molecule has 0 atom stereocenters. The Hall–Kier alpha value is -1.35. The lowest BCUT2D eigenvalue weighted by molar-refractivity contribution is 0.0526. The number of ether oxygens (including phenoxy) is 1. The van der Waals surface area contributed by atoms with Gasteiger partial charge in [-0.05, 0) is 19.1 Å². The lowest BCUT2D eigenvalue weighted by atomic mass is 10.1. The minimum atomic E-state index is -0.469. The van der Waals surface area contributed by atoms with E-state index in [2.05, 4.69) is 0 Å². The lowest BCUT2D eigenvalue weighted by Crippen LogP contribution is -2.06. The second-order valence-electron chi connectivity index (χ2n) is 3.19.